The Hall–Kier alpha value is -2.26. The Labute approximate surface area is 163 Å². The first kappa shape index (κ1) is 18.1. The highest BCUT2D eigenvalue weighted by Gasteiger charge is 2.25. The lowest BCUT2D eigenvalue weighted by Crippen LogP contribution is -2.19. The summed E-state index contributed by atoms with van der Waals surface area (Å²) in [6.45, 7) is 2.28. The summed E-state index contributed by atoms with van der Waals surface area (Å²) >= 11 is 6.26. The molecule has 0 aliphatic heterocycles. The van der Waals surface area contributed by atoms with Gasteiger partial charge in [-0.25, -0.2) is 0 Å². The predicted molar refractivity (Wildman–Crippen MR) is 109 cm³/mol. The minimum atomic E-state index is -0.123. The predicted octanol–water partition coefficient (Wildman–Crippen LogP) is 6.19. The van der Waals surface area contributed by atoms with E-state index in [4.69, 9.17) is 16.0 Å². The molecule has 3 nitrogen and oxygen atoms in total. The minimum Gasteiger partial charge on any atom is -0.508 e. The topological polar surface area (TPSA) is 50.4 Å². The average Bonchev–Trinajstić information content (AvgIpc) is 2.67. The molecule has 2 aromatic carbocycles. The highest BCUT2D eigenvalue weighted by atomic mass is 35.5. The Balaban J connectivity index is 1.82. The first-order valence-corrected chi connectivity index (χ1v) is 9.95. The summed E-state index contributed by atoms with van der Waals surface area (Å²) in [6, 6.07) is 10.5. The molecule has 3 aromatic rings. The van der Waals surface area contributed by atoms with E-state index in [-0.39, 0.29) is 11.2 Å². The van der Waals surface area contributed by atoms with Gasteiger partial charge in [-0.1, -0.05) is 56.0 Å². The lowest BCUT2D eigenvalue weighted by atomic mass is 9.77. The van der Waals surface area contributed by atoms with E-state index in [1.807, 2.05) is 18.2 Å². The number of aromatic hydroxyl groups is 1. The molecule has 27 heavy (non-hydrogen) atoms. The van der Waals surface area contributed by atoms with E-state index < -0.39 is 0 Å². The van der Waals surface area contributed by atoms with Crippen molar-refractivity contribution in [3.63, 3.8) is 0 Å². The van der Waals surface area contributed by atoms with Crippen LogP contribution in [0.2, 0.25) is 5.02 Å². The lowest BCUT2D eigenvalue weighted by Gasteiger charge is -2.29. The molecule has 1 N–H and O–H groups in total. The zero-order valence-electron chi connectivity index (χ0n) is 15.4. The van der Waals surface area contributed by atoms with Crippen LogP contribution >= 0.6 is 11.6 Å². The van der Waals surface area contributed by atoms with Gasteiger partial charge >= 0.3 is 0 Å². The molecular formula is C23H23ClO3. The average molecular weight is 383 g/mol. The Kier molecular flexibility index (Phi) is 4.96. The maximum atomic E-state index is 13.1. The molecule has 1 aliphatic carbocycles. The summed E-state index contributed by atoms with van der Waals surface area (Å²) in [6.07, 6.45) is 7.07. The summed E-state index contributed by atoms with van der Waals surface area (Å²) in [5, 5.41) is 11.5. The van der Waals surface area contributed by atoms with Gasteiger partial charge in [0.15, 0.2) is 0 Å². The van der Waals surface area contributed by atoms with E-state index in [9.17, 15) is 9.90 Å². The van der Waals surface area contributed by atoms with Crippen LogP contribution in [0.1, 0.15) is 38.2 Å². The Morgan fingerprint density at radius 3 is 2.67 bits per heavy atom. The number of benzene rings is 2. The molecule has 0 saturated heterocycles. The molecule has 0 radical (unpaired) electrons. The third-order valence-corrected chi connectivity index (χ3v) is 6.27. The summed E-state index contributed by atoms with van der Waals surface area (Å²) in [5.74, 6) is 1.32. The number of phenols is 1. The molecule has 1 saturated carbocycles. The monoisotopic (exact) mass is 382 g/mol. The zero-order chi connectivity index (χ0) is 19.0. The van der Waals surface area contributed by atoms with Crippen molar-refractivity contribution in [3.05, 3.63) is 63.5 Å². The summed E-state index contributed by atoms with van der Waals surface area (Å²) < 4.78 is 5.90. The maximum absolute atomic E-state index is 13.1. The number of halogens is 1. The van der Waals surface area contributed by atoms with Crippen LogP contribution in [0.15, 0.2) is 51.9 Å². The second kappa shape index (κ2) is 7.40. The van der Waals surface area contributed by atoms with Crippen molar-refractivity contribution in [1.82, 2.24) is 0 Å². The molecule has 2 atom stereocenters. The largest absolute Gasteiger partial charge is 0.508 e. The van der Waals surface area contributed by atoms with Crippen LogP contribution < -0.4 is 5.43 Å². The van der Waals surface area contributed by atoms with E-state index in [2.05, 4.69) is 6.92 Å². The van der Waals surface area contributed by atoms with Crippen molar-refractivity contribution in [2.45, 2.75) is 39.0 Å². The van der Waals surface area contributed by atoms with Crippen molar-refractivity contribution in [1.29, 1.82) is 0 Å². The van der Waals surface area contributed by atoms with Crippen LogP contribution in [-0.4, -0.2) is 5.11 Å². The number of phenolic OH excluding ortho intramolecular Hbond substituents is 1. The second-order valence-corrected chi connectivity index (χ2v) is 8.03. The zero-order valence-corrected chi connectivity index (χ0v) is 16.1. The van der Waals surface area contributed by atoms with E-state index in [1.54, 1.807) is 18.2 Å². The first-order chi connectivity index (χ1) is 13.1. The van der Waals surface area contributed by atoms with Crippen LogP contribution in [0.5, 0.6) is 5.75 Å². The van der Waals surface area contributed by atoms with E-state index in [1.165, 1.54) is 25.5 Å². The van der Waals surface area contributed by atoms with Crippen molar-refractivity contribution in [2.75, 3.05) is 0 Å². The molecule has 0 spiro atoms. The molecule has 2 unspecified atom stereocenters. The highest BCUT2D eigenvalue weighted by molar-refractivity contribution is 6.33. The molecule has 1 aliphatic rings. The van der Waals surface area contributed by atoms with Gasteiger partial charge in [-0.05, 0) is 42.9 Å². The minimum absolute atomic E-state index is 0.123. The van der Waals surface area contributed by atoms with Crippen LogP contribution in [-0.2, 0) is 6.42 Å². The van der Waals surface area contributed by atoms with E-state index in [0.29, 0.717) is 39.0 Å². The van der Waals surface area contributed by atoms with Gasteiger partial charge in [0.05, 0.1) is 10.9 Å². The normalized spacial score (nSPS) is 20.1. The van der Waals surface area contributed by atoms with Crippen LogP contribution in [0.25, 0.3) is 22.1 Å². The van der Waals surface area contributed by atoms with E-state index >= 15 is 0 Å². The Morgan fingerprint density at radius 1 is 1.11 bits per heavy atom. The van der Waals surface area contributed by atoms with Crippen LogP contribution in [0.3, 0.4) is 0 Å². The molecule has 140 valence electrons. The van der Waals surface area contributed by atoms with Gasteiger partial charge in [0.1, 0.15) is 17.6 Å². The smallest absolute Gasteiger partial charge is 0.200 e. The van der Waals surface area contributed by atoms with Gasteiger partial charge in [0, 0.05) is 16.1 Å². The third-order valence-electron chi connectivity index (χ3n) is 5.94. The number of hydrogen-bond acceptors (Lipinski definition) is 3. The molecule has 0 bridgehead atoms. The fourth-order valence-electron chi connectivity index (χ4n) is 4.27. The number of fused-ring (bicyclic) bond motifs is 1. The van der Waals surface area contributed by atoms with Crippen LogP contribution in [0.4, 0.5) is 0 Å². The standard InChI is InChI=1S/C23H23ClO3/c1-14-6-2-3-7-15(14)12-18-21(25)11-10-17-22(26)19(13-27-23(17)18)16-8-4-5-9-20(16)24/h4-5,8-11,13-15,25H,2-3,6-7,12H2,1H3. The fourth-order valence-corrected chi connectivity index (χ4v) is 4.51. The van der Waals surface area contributed by atoms with Crippen LogP contribution in [0, 0.1) is 11.8 Å². The van der Waals surface area contributed by atoms with Gasteiger partial charge in [0.2, 0.25) is 5.43 Å². The fraction of sp³-hybridized carbons (Fsp3) is 0.348. The maximum Gasteiger partial charge on any atom is 0.200 e. The van der Waals surface area contributed by atoms with Crippen molar-refractivity contribution < 1.29 is 9.52 Å². The van der Waals surface area contributed by atoms with Gasteiger partial charge < -0.3 is 9.52 Å². The molecule has 4 rings (SSSR count). The third kappa shape index (κ3) is 3.37. The van der Waals surface area contributed by atoms with Gasteiger partial charge in [-0.2, -0.15) is 0 Å². The van der Waals surface area contributed by atoms with Gasteiger partial charge in [0.25, 0.3) is 0 Å². The Bertz CT molecular complexity index is 1040. The molecule has 1 heterocycles. The molecule has 0 amide bonds. The van der Waals surface area contributed by atoms with Crippen molar-refractivity contribution in [3.8, 4) is 16.9 Å². The molecule has 1 fully saturated rings. The highest BCUT2D eigenvalue weighted by Crippen LogP contribution is 2.37. The quantitative estimate of drug-likeness (QED) is 0.587. The first-order valence-electron chi connectivity index (χ1n) is 9.57. The SMILES string of the molecule is CC1CCCCC1Cc1c(O)ccc2c(=O)c(-c3ccccc3Cl)coc12. The molecule has 1 aromatic heterocycles. The van der Waals surface area contributed by atoms with Crippen molar-refractivity contribution >= 4 is 22.6 Å². The van der Waals surface area contributed by atoms with E-state index in [0.717, 1.165) is 18.4 Å². The summed E-state index contributed by atoms with van der Waals surface area (Å²) in [5.41, 5.74) is 2.21. The molecule has 4 heteroatoms. The van der Waals surface area contributed by atoms with Gasteiger partial charge in [-0.15, -0.1) is 0 Å². The molecular weight excluding hydrogens is 360 g/mol. The summed E-state index contributed by atoms with van der Waals surface area (Å²) in [7, 11) is 0. The second-order valence-electron chi connectivity index (χ2n) is 7.62. The number of rotatable bonds is 3. The lowest BCUT2D eigenvalue weighted by molar-refractivity contribution is 0.253. The summed E-state index contributed by atoms with van der Waals surface area (Å²) in [4.78, 5) is 13.1. The van der Waals surface area contributed by atoms with Gasteiger partial charge in [-0.3, -0.25) is 4.79 Å². The number of hydrogen-bond donors (Lipinski definition) is 1. The Morgan fingerprint density at radius 2 is 1.89 bits per heavy atom. The van der Waals surface area contributed by atoms with Crippen molar-refractivity contribution in [2.24, 2.45) is 11.8 Å².